The molecule has 0 bridgehead atoms. The second-order valence-electron chi connectivity index (χ2n) is 6.36. The summed E-state index contributed by atoms with van der Waals surface area (Å²) >= 11 is 0. The van der Waals surface area contributed by atoms with Gasteiger partial charge in [-0.25, -0.2) is 5.48 Å². The van der Waals surface area contributed by atoms with Gasteiger partial charge < -0.3 is 15.4 Å². The number of H-pyrrole nitrogens is 1. The van der Waals surface area contributed by atoms with Gasteiger partial charge in [0.1, 0.15) is 0 Å². The van der Waals surface area contributed by atoms with Crippen molar-refractivity contribution in [2.75, 3.05) is 11.9 Å². The number of hydrogen-bond acceptors (Lipinski definition) is 4. The molecule has 3 rings (SSSR count). The Balaban J connectivity index is 1.65. The number of aliphatic hydroxyl groups is 1. The van der Waals surface area contributed by atoms with Crippen molar-refractivity contribution in [2.45, 2.75) is 6.42 Å². The fourth-order valence-corrected chi connectivity index (χ4v) is 2.94. The Morgan fingerprint density at radius 2 is 1.86 bits per heavy atom. The number of para-hydroxylation sites is 1. The van der Waals surface area contributed by atoms with Crippen LogP contribution in [0, 0.1) is 5.92 Å². The Kier molecular flexibility index (Phi) is 6.21. The van der Waals surface area contributed by atoms with E-state index in [0.29, 0.717) is 12.1 Å². The van der Waals surface area contributed by atoms with E-state index in [9.17, 15) is 14.7 Å². The summed E-state index contributed by atoms with van der Waals surface area (Å²) in [7, 11) is 0. The van der Waals surface area contributed by atoms with Gasteiger partial charge in [-0.2, -0.15) is 0 Å². The minimum Gasteiger partial charge on any atom is -0.396 e. The number of aromatic nitrogens is 1. The van der Waals surface area contributed by atoms with Crippen LogP contribution in [0.25, 0.3) is 17.0 Å². The number of benzene rings is 2. The highest BCUT2D eigenvalue weighted by Gasteiger charge is 2.20. The van der Waals surface area contributed by atoms with Gasteiger partial charge in [-0.05, 0) is 41.8 Å². The first-order valence-corrected chi connectivity index (χ1v) is 8.79. The Hall–Kier alpha value is -3.42. The van der Waals surface area contributed by atoms with Crippen LogP contribution < -0.4 is 10.8 Å². The van der Waals surface area contributed by atoms with Gasteiger partial charge in [0.25, 0.3) is 5.91 Å². The maximum atomic E-state index is 12.6. The van der Waals surface area contributed by atoms with Gasteiger partial charge in [-0.15, -0.1) is 0 Å². The standard InChI is InChI=1S/C21H21N3O4/c25-13-16(11-15-12-22-19-4-2-1-3-18(15)19)21(27)23-17-8-5-14(6-9-17)7-10-20(26)24-28/h1-10,12,16,22,25,28H,11,13H2,(H,23,27)(H,24,26)/b10-7+. The molecule has 2 amide bonds. The summed E-state index contributed by atoms with van der Waals surface area (Å²) in [4.78, 5) is 26.7. The molecule has 7 nitrogen and oxygen atoms in total. The fourth-order valence-electron chi connectivity index (χ4n) is 2.94. The van der Waals surface area contributed by atoms with E-state index in [4.69, 9.17) is 5.21 Å². The summed E-state index contributed by atoms with van der Waals surface area (Å²) < 4.78 is 0. The Labute approximate surface area is 161 Å². The molecule has 0 aliphatic carbocycles. The van der Waals surface area contributed by atoms with E-state index in [1.54, 1.807) is 24.3 Å². The van der Waals surface area contributed by atoms with E-state index in [2.05, 4.69) is 10.3 Å². The third-order valence-corrected chi connectivity index (χ3v) is 4.45. The van der Waals surface area contributed by atoms with E-state index in [1.807, 2.05) is 30.5 Å². The maximum Gasteiger partial charge on any atom is 0.267 e. The Bertz CT molecular complexity index is 992. The van der Waals surface area contributed by atoms with E-state index in [1.165, 1.54) is 17.6 Å². The zero-order valence-electron chi connectivity index (χ0n) is 15.1. The maximum absolute atomic E-state index is 12.6. The van der Waals surface area contributed by atoms with Crippen LogP contribution in [0.3, 0.4) is 0 Å². The summed E-state index contributed by atoms with van der Waals surface area (Å²) in [5.74, 6) is -1.47. The van der Waals surface area contributed by atoms with Crippen molar-refractivity contribution in [2.24, 2.45) is 5.92 Å². The summed E-state index contributed by atoms with van der Waals surface area (Å²) in [6, 6.07) is 14.7. The monoisotopic (exact) mass is 379 g/mol. The molecule has 5 N–H and O–H groups in total. The van der Waals surface area contributed by atoms with E-state index in [-0.39, 0.29) is 12.5 Å². The highest BCUT2D eigenvalue weighted by Crippen LogP contribution is 2.21. The lowest BCUT2D eigenvalue weighted by Crippen LogP contribution is -2.27. The van der Waals surface area contributed by atoms with Gasteiger partial charge >= 0.3 is 0 Å². The molecular formula is C21H21N3O4. The quantitative estimate of drug-likeness (QED) is 0.246. The molecule has 3 aromatic rings. The Morgan fingerprint density at radius 1 is 1.11 bits per heavy atom. The number of amides is 2. The smallest absolute Gasteiger partial charge is 0.267 e. The number of hydroxylamine groups is 1. The highest BCUT2D eigenvalue weighted by molar-refractivity contribution is 5.94. The van der Waals surface area contributed by atoms with Crippen LogP contribution in [0.1, 0.15) is 11.1 Å². The molecule has 0 saturated carbocycles. The zero-order chi connectivity index (χ0) is 19.9. The van der Waals surface area contributed by atoms with Gasteiger partial charge in [0.2, 0.25) is 5.91 Å². The molecule has 1 heterocycles. The number of nitrogens with one attached hydrogen (secondary N) is 3. The molecule has 0 saturated heterocycles. The molecule has 28 heavy (non-hydrogen) atoms. The number of anilines is 1. The highest BCUT2D eigenvalue weighted by atomic mass is 16.5. The molecular weight excluding hydrogens is 358 g/mol. The number of aromatic amines is 1. The average Bonchev–Trinajstić information content (AvgIpc) is 3.14. The van der Waals surface area contributed by atoms with Crippen LogP contribution in [0.5, 0.6) is 0 Å². The molecule has 2 aromatic carbocycles. The number of hydrogen-bond donors (Lipinski definition) is 5. The van der Waals surface area contributed by atoms with Crippen LogP contribution in [0.4, 0.5) is 5.69 Å². The molecule has 0 aliphatic heterocycles. The van der Waals surface area contributed by atoms with E-state index >= 15 is 0 Å². The molecule has 1 atom stereocenters. The molecule has 0 radical (unpaired) electrons. The lowest BCUT2D eigenvalue weighted by Gasteiger charge is -2.14. The van der Waals surface area contributed by atoms with E-state index in [0.717, 1.165) is 22.0 Å². The lowest BCUT2D eigenvalue weighted by atomic mass is 9.98. The SMILES string of the molecule is O=C(/C=C/c1ccc(NC(=O)C(CO)Cc2c[nH]c3ccccc23)cc1)NO. The minimum absolute atomic E-state index is 0.261. The van der Waals surface area contributed by atoms with Crippen molar-refractivity contribution in [3.05, 3.63) is 71.9 Å². The Morgan fingerprint density at radius 3 is 2.57 bits per heavy atom. The minimum atomic E-state index is -0.625. The number of aliphatic hydroxyl groups excluding tert-OH is 1. The molecule has 0 fully saturated rings. The van der Waals surface area contributed by atoms with Crippen LogP contribution in [-0.2, 0) is 16.0 Å². The molecule has 7 heteroatoms. The number of carbonyl (C=O) groups is 2. The van der Waals surface area contributed by atoms with Crippen molar-refractivity contribution < 1.29 is 19.9 Å². The summed E-state index contributed by atoms with van der Waals surface area (Å²) in [6.07, 6.45) is 5.01. The molecule has 0 aliphatic rings. The predicted molar refractivity (Wildman–Crippen MR) is 107 cm³/mol. The van der Waals surface area contributed by atoms with Crippen LogP contribution in [-0.4, -0.2) is 33.7 Å². The second-order valence-corrected chi connectivity index (χ2v) is 6.36. The van der Waals surface area contributed by atoms with Crippen molar-refractivity contribution in [1.29, 1.82) is 0 Å². The molecule has 1 aromatic heterocycles. The van der Waals surface area contributed by atoms with Gasteiger partial charge in [0.15, 0.2) is 0 Å². The average molecular weight is 379 g/mol. The van der Waals surface area contributed by atoms with E-state index < -0.39 is 11.8 Å². The summed E-state index contributed by atoms with van der Waals surface area (Å²) in [5, 5.41) is 22.0. The van der Waals surface area contributed by atoms with Crippen molar-refractivity contribution in [3.63, 3.8) is 0 Å². The van der Waals surface area contributed by atoms with Crippen LogP contribution in [0.2, 0.25) is 0 Å². The summed E-state index contributed by atoms with van der Waals surface area (Å²) in [5.41, 5.74) is 4.81. The first-order chi connectivity index (χ1) is 13.6. The van der Waals surface area contributed by atoms with Gasteiger partial charge in [0, 0.05) is 28.9 Å². The number of carbonyl (C=O) groups excluding carboxylic acids is 2. The third kappa shape index (κ3) is 4.64. The second kappa shape index (κ2) is 8.98. The third-order valence-electron chi connectivity index (χ3n) is 4.45. The zero-order valence-corrected chi connectivity index (χ0v) is 15.1. The van der Waals surface area contributed by atoms with Gasteiger partial charge in [0.05, 0.1) is 12.5 Å². The van der Waals surface area contributed by atoms with Crippen molar-refractivity contribution in [1.82, 2.24) is 10.5 Å². The van der Waals surface area contributed by atoms with Gasteiger partial charge in [-0.1, -0.05) is 30.3 Å². The largest absolute Gasteiger partial charge is 0.396 e. The van der Waals surface area contributed by atoms with Crippen molar-refractivity contribution >= 4 is 34.5 Å². The molecule has 144 valence electrons. The normalized spacial score (nSPS) is 12.2. The predicted octanol–water partition coefficient (Wildman–Crippen LogP) is 2.48. The first-order valence-electron chi connectivity index (χ1n) is 8.79. The number of fused-ring (bicyclic) bond motifs is 1. The fraction of sp³-hybridized carbons (Fsp3) is 0.143. The van der Waals surface area contributed by atoms with Crippen molar-refractivity contribution in [3.8, 4) is 0 Å². The lowest BCUT2D eigenvalue weighted by molar-refractivity contribution is -0.124. The van der Waals surface area contributed by atoms with Crippen LogP contribution in [0.15, 0.2) is 60.8 Å². The number of rotatable bonds is 7. The molecule has 1 unspecified atom stereocenters. The van der Waals surface area contributed by atoms with Crippen LogP contribution >= 0.6 is 0 Å². The topological polar surface area (TPSA) is 114 Å². The van der Waals surface area contributed by atoms with Gasteiger partial charge in [-0.3, -0.25) is 14.8 Å². The first kappa shape index (κ1) is 19.3. The summed E-state index contributed by atoms with van der Waals surface area (Å²) in [6.45, 7) is -0.261. The molecule has 0 spiro atoms.